The molecule has 0 saturated carbocycles. The van der Waals surface area contributed by atoms with Crippen molar-refractivity contribution < 1.29 is 9.50 Å². The largest absolute Gasteiger partial charge is 0.387 e. The Morgan fingerprint density at radius 1 is 1.39 bits per heavy atom. The fourth-order valence-corrected chi connectivity index (χ4v) is 1.58. The Morgan fingerprint density at radius 2 is 2.11 bits per heavy atom. The molecule has 0 saturated heterocycles. The highest BCUT2D eigenvalue weighted by molar-refractivity contribution is 5.18. The number of benzene rings is 1. The molecule has 1 aromatic rings. The van der Waals surface area contributed by atoms with Crippen LogP contribution in [0.4, 0.5) is 4.39 Å². The Morgan fingerprint density at radius 3 is 2.72 bits per heavy atom. The summed E-state index contributed by atoms with van der Waals surface area (Å²) in [5.41, 5.74) is 0.611. The predicted molar refractivity (Wildman–Crippen MR) is 72.0 cm³/mol. The maximum Gasteiger partial charge on any atom is 0.123 e. The van der Waals surface area contributed by atoms with Crippen LogP contribution in [-0.4, -0.2) is 42.7 Å². The molecule has 0 spiro atoms. The van der Waals surface area contributed by atoms with Gasteiger partial charge in [0.15, 0.2) is 0 Å². The molecule has 0 fully saturated rings. The van der Waals surface area contributed by atoms with E-state index in [0.717, 1.165) is 13.1 Å². The van der Waals surface area contributed by atoms with Gasteiger partial charge >= 0.3 is 0 Å². The molecule has 18 heavy (non-hydrogen) atoms. The molecule has 1 atom stereocenters. The topological polar surface area (TPSA) is 35.5 Å². The number of nitrogens with zero attached hydrogens (tertiary/aromatic N) is 1. The van der Waals surface area contributed by atoms with E-state index in [1.807, 2.05) is 0 Å². The molecule has 0 amide bonds. The molecule has 3 nitrogen and oxygen atoms in total. The van der Waals surface area contributed by atoms with E-state index >= 15 is 0 Å². The Kier molecular flexibility index (Phi) is 6.25. The van der Waals surface area contributed by atoms with Crippen LogP contribution in [0.3, 0.4) is 0 Å². The van der Waals surface area contributed by atoms with E-state index in [4.69, 9.17) is 0 Å². The van der Waals surface area contributed by atoms with E-state index in [2.05, 4.69) is 31.1 Å². The zero-order valence-corrected chi connectivity index (χ0v) is 11.4. The molecule has 102 valence electrons. The van der Waals surface area contributed by atoms with Crippen LogP contribution in [-0.2, 0) is 0 Å². The Balaban J connectivity index is 2.27. The lowest BCUT2D eigenvalue weighted by Crippen LogP contribution is -2.35. The van der Waals surface area contributed by atoms with Crippen LogP contribution in [0.15, 0.2) is 24.3 Å². The summed E-state index contributed by atoms with van der Waals surface area (Å²) in [6.07, 6.45) is -0.662. The normalized spacial score (nSPS) is 13.3. The first-order valence-corrected chi connectivity index (χ1v) is 6.35. The van der Waals surface area contributed by atoms with Crippen LogP contribution < -0.4 is 5.32 Å². The third-order valence-corrected chi connectivity index (χ3v) is 3.09. The van der Waals surface area contributed by atoms with Crippen molar-refractivity contribution in [3.05, 3.63) is 35.6 Å². The van der Waals surface area contributed by atoms with Crippen LogP contribution in [0.1, 0.15) is 25.5 Å². The number of halogens is 1. The van der Waals surface area contributed by atoms with E-state index in [1.165, 1.54) is 12.1 Å². The molecule has 0 aliphatic heterocycles. The van der Waals surface area contributed by atoms with Gasteiger partial charge in [0.05, 0.1) is 6.10 Å². The zero-order valence-electron chi connectivity index (χ0n) is 11.4. The van der Waals surface area contributed by atoms with Crippen molar-refractivity contribution in [3.8, 4) is 0 Å². The minimum atomic E-state index is -0.662. The molecule has 0 radical (unpaired) electrons. The van der Waals surface area contributed by atoms with Gasteiger partial charge < -0.3 is 15.3 Å². The van der Waals surface area contributed by atoms with Gasteiger partial charge in [-0.2, -0.15) is 0 Å². The summed E-state index contributed by atoms with van der Waals surface area (Å²) >= 11 is 0. The molecule has 0 heterocycles. The predicted octanol–water partition coefficient (Wildman–Crippen LogP) is 1.79. The highest BCUT2D eigenvalue weighted by Gasteiger charge is 2.08. The van der Waals surface area contributed by atoms with Crippen molar-refractivity contribution in [2.45, 2.75) is 26.0 Å². The van der Waals surface area contributed by atoms with Crippen molar-refractivity contribution in [2.75, 3.05) is 26.7 Å². The molecule has 1 unspecified atom stereocenters. The molecule has 4 heteroatoms. The fourth-order valence-electron chi connectivity index (χ4n) is 1.58. The lowest BCUT2D eigenvalue weighted by Gasteiger charge is -2.21. The summed E-state index contributed by atoms with van der Waals surface area (Å²) in [6, 6.07) is 6.60. The van der Waals surface area contributed by atoms with E-state index in [9.17, 15) is 9.50 Å². The van der Waals surface area contributed by atoms with Gasteiger partial charge in [-0.05, 0) is 38.6 Å². The van der Waals surface area contributed by atoms with Gasteiger partial charge in [-0.3, -0.25) is 0 Å². The first-order chi connectivity index (χ1) is 8.50. The second kappa shape index (κ2) is 7.46. The van der Waals surface area contributed by atoms with Gasteiger partial charge in [-0.25, -0.2) is 4.39 Å². The highest BCUT2D eigenvalue weighted by Crippen LogP contribution is 2.12. The minimum Gasteiger partial charge on any atom is -0.387 e. The zero-order chi connectivity index (χ0) is 13.5. The molecule has 2 N–H and O–H groups in total. The van der Waals surface area contributed by atoms with Crippen LogP contribution in [0.5, 0.6) is 0 Å². The molecule has 0 aliphatic carbocycles. The summed E-state index contributed by atoms with van der Waals surface area (Å²) in [4.78, 5) is 2.22. The third kappa shape index (κ3) is 5.12. The van der Waals surface area contributed by atoms with Crippen molar-refractivity contribution in [3.63, 3.8) is 0 Å². The summed E-state index contributed by atoms with van der Waals surface area (Å²) in [7, 11) is 2.06. The van der Waals surface area contributed by atoms with Gasteiger partial charge in [0.25, 0.3) is 0 Å². The van der Waals surface area contributed by atoms with Crippen LogP contribution in [0.2, 0.25) is 0 Å². The molecule has 1 rings (SSSR count). The second-order valence-corrected chi connectivity index (χ2v) is 4.85. The number of likely N-dealkylation sites (N-methyl/N-ethyl adjacent to an activating group) is 1. The number of rotatable bonds is 7. The van der Waals surface area contributed by atoms with E-state index in [-0.39, 0.29) is 5.82 Å². The first kappa shape index (κ1) is 15.1. The molecule has 0 bridgehead atoms. The monoisotopic (exact) mass is 254 g/mol. The molecular formula is C14H23FN2O. The SMILES string of the molecule is CC(C)N(C)CCNCC(O)c1cccc(F)c1. The van der Waals surface area contributed by atoms with Gasteiger partial charge in [0.1, 0.15) is 5.82 Å². The minimum absolute atomic E-state index is 0.314. The number of aliphatic hydroxyl groups excluding tert-OH is 1. The first-order valence-electron chi connectivity index (χ1n) is 6.35. The molecule has 1 aromatic carbocycles. The van der Waals surface area contributed by atoms with Crippen molar-refractivity contribution in [2.24, 2.45) is 0 Å². The summed E-state index contributed by atoms with van der Waals surface area (Å²) < 4.78 is 13.0. The van der Waals surface area contributed by atoms with Gasteiger partial charge in [-0.15, -0.1) is 0 Å². The van der Waals surface area contributed by atoms with E-state index < -0.39 is 6.10 Å². The highest BCUT2D eigenvalue weighted by atomic mass is 19.1. The summed E-state index contributed by atoms with van der Waals surface area (Å²) in [5, 5.41) is 13.1. The van der Waals surface area contributed by atoms with Crippen molar-refractivity contribution >= 4 is 0 Å². The number of hydrogen-bond donors (Lipinski definition) is 2. The maximum atomic E-state index is 13.0. The second-order valence-electron chi connectivity index (χ2n) is 4.85. The standard InChI is InChI=1S/C14H23FN2O/c1-11(2)17(3)8-7-16-10-14(18)12-5-4-6-13(15)9-12/h4-6,9,11,14,16,18H,7-8,10H2,1-3H3. The van der Waals surface area contributed by atoms with Crippen molar-refractivity contribution in [1.29, 1.82) is 0 Å². The van der Waals surface area contributed by atoms with Gasteiger partial charge in [0, 0.05) is 25.7 Å². The van der Waals surface area contributed by atoms with Gasteiger partial charge in [0.2, 0.25) is 0 Å². The average molecular weight is 254 g/mol. The third-order valence-electron chi connectivity index (χ3n) is 3.09. The quantitative estimate of drug-likeness (QED) is 0.728. The lowest BCUT2D eigenvalue weighted by molar-refractivity contribution is 0.171. The smallest absolute Gasteiger partial charge is 0.123 e. The van der Waals surface area contributed by atoms with Gasteiger partial charge in [-0.1, -0.05) is 12.1 Å². The Hall–Kier alpha value is -0.970. The summed E-state index contributed by atoms with van der Waals surface area (Å²) in [6.45, 7) is 6.45. The van der Waals surface area contributed by atoms with E-state index in [0.29, 0.717) is 18.2 Å². The van der Waals surface area contributed by atoms with E-state index in [1.54, 1.807) is 12.1 Å². The number of hydrogen-bond acceptors (Lipinski definition) is 3. The van der Waals surface area contributed by atoms with Crippen LogP contribution >= 0.6 is 0 Å². The van der Waals surface area contributed by atoms with Crippen molar-refractivity contribution in [1.82, 2.24) is 10.2 Å². The number of aliphatic hydroxyl groups is 1. The average Bonchev–Trinajstić information content (AvgIpc) is 2.33. The van der Waals surface area contributed by atoms with Crippen LogP contribution in [0.25, 0.3) is 0 Å². The Labute approximate surface area is 109 Å². The maximum absolute atomic E-state index is 13.0. The lowest BCUT2D eigenvalue weighted by atomic mass is 10.1. The molecule has 0 aromatic heterocycles. The fraction of sp³-hybridized carbons (Fsp3) is 0.571. The molecule has 0 aliphatic rings. The molecular weight excluding hydrogens is 231 g/mol. The summed E-state index contributed by atoms with van der Waals surface area (Å²) in [5.74, 6) is -0.314. The Bertz CT molecular complexity index is 357. The van der Waals surface area contributed by atoms with Crippen LogP contribution in [0, 0.1) is 5.82 Å². The number of nitrogens with one attached hydrogen (secondary N) is 1.